The first-order valence-electron chi connectivity index (χ1n) is 9.35. The van der Waals surface area contributed by atoms with E-state index in [1.807, 2.05) is 6.21 Å². The molecule has 0 saturated heterocycles. The van der Waals surface area contributed by atoms with Crippen molar-refractivity contribution in [2.75, 3.05) is 19.8 Å². The van der Waals surface area contributed by atoms with Gasteiger partial charge in [0, 0.05) is 30.7 Å². The van der Waals surface area contributed by atoms with E-state index in [2.05, 4.69) is 12.1 Å². The lowest BCUT2D eigenvalue weighted by atomic mass is 9.60. The predicted octanol–water partition coefficient (Wildman–Crippen LogP) is 0.823. The van der Waals surface area contributed by atoms with Crippen LogP contribution in [0.2, 0.25) is 0 Å². The van der Waals surface area contributed by atoms with Crippen molar-refractivity contribution in [3.63, 3.8) is 0 Å². The van der Waals surface area contributed by atoms with Crippen LogP contribution in [0.4, 0.5) is 0 Å². The van der Waals surface area contributed by atoms with E-state index in [1.54, 1.807) is 0 Å². The number of aliphatic hydroxyl groups excluding tert-OH is 1. The average Bonchev–Trinajstić information content (AvgIpc) is 2.88. The molecule has 0 bridgehead atoms. The second kappa shape index (κ2) is 10.6. The highest BCUT2D eigenvalue weighted by molar-refractivity contribution is 6.27. The number of carboxylic acid groups (broad SMARTS) is 2. The third-order valence-corrected chi connectivity index (χ3v) is 5.93. The molecule has 2 aliphatic rings. The van der Waals surface area contributed by atoms with Crippen LogP contribution in [0, 0.1) is 17.3 Å². The molecule has 0 aliphatic heterocycles. The lowest BCUT2D eigenvalue weighted by molar-refractivity contribution is -0.159. The maximum atomic E-state index is 11.1. The van der Waals surface area contributed by atoms with Crippen molar-refractivity contribution in [3.05, 3.63) is 0 Å². The van der Waals surface area contributed by atoms with Crippen LogP contribution in [0.5, 0.6) is 0 Å². The molecular weight excluding hydrogens is 356 g/mol. The summed E-state index contributed by atoms with van der Waals surface area (Å²) in [6, 6.07) is 0. The van der Waals surface area contributed by atoms with Crippen molar-refractivity contribution >= 4 is 18.2 Å². The van der Waals surface area contributed by atoms with E-state index in [1.165, 1.54) is 0 Å². The number of aliphatic carboxylic acids is 2. The first-order valence-corrected chi connectivity index (χ1v) is 9.35. The van der Waals surface area contributed by atoms with Gasteiger partial charge in [-0.2, -0.15) is 0 Å². The normalized spacial score (nSPS) is 32.4. The maximum absolute atomic E-state index is 11.1. The second-order valence-corrected chi connectivity index (χ2v) is 7.56. The van der Waals surface area contributed by atoms with Gasteiger partial charge in [0.15, 0.2) is 0 Å². The number of hydrogen-bond donors (Lipinski definition) is 5. The molecule has 0 radical (unpaired) electrons. The van der Waals surface area contributed by atoms with Crippen molar-refractivity contribution in [1.29, 1.82) is 0 Å². The summed E-state index contributed by atoms with van der Waals surface area (Å²) >= 11 is 0. The summed E-state index contributed by atoms with van der Waals surface area (Å²) in [4.78, 5) is 23.3. The van der Waals surface area contributed by atoms with Crippen molar-refractivity contribution in [3.8, 4) is 0 Å². The molecular formula is C18H32N2O7. The Labute approximate surface area is 159 Å². The highest BCUT2D eigenvalue weighted by atomic mass is 16.6. The van der Waals surface area contributed by atoms with Gasteiger partial charge in [-0.15, -0.1) is 0 Å². The van der Waals surface area contributed by atoms with Crippen molar-refractivity contribution in [2.24, 2.45) is 28.1 Å². The third-order valence-electron chi connectivity index (χ3n) is 5.93. The molecule has 6 N–H and O–H groups in total. The number of carbonyl (C=O) groups is 2. The number of oxime groups is 1. The Kier molecular flexibility index (Phi) is 9.14. The number of aliphatic hydroxyl groups is 2. The quantitative estimate of drug-likeness (QED) is 0.185. The molecule has 0 aromatic rings. The number of fused-ring (bicyclic) bond motifs is 1. The van der Waals surface area contributed by atoms with Crippen LogP contribution in [0.1, 0.15) is 51.9 Å². The molecule has 2 rings (SSSR count). The Bertz CT molecular complexity index is 516. The molecule has 0 aromatic carbocycles. The Balaban J connectivity index is 0.000000527. The number of nitrogens with zero attached hydrogens (tertiary/aromatic N) is 1. The highest BCUT2D eigenvalue weighted by Crippen LogP contribution is 2.59. The van der Waals surface area contributed by atoms with Gasteiger partial charge in [-0.25, -0.2) is 9.59 Å². The largest absolute Gasteiger partial charge is 0.473 e. The number of hydrogen-bond acceptors (Lipinski definition) is 7. The molecule has 2 aliphatic carbocycles. The van der Waals surface area contributed by atoms with E-state index in [-0.39, 0.29) is 17.9 Å². The zero-order chi connectivity index (χ0) is 20.5. The summed E-state index contributed by atoms with van der Waals surface area (Å²) < 4.78 is 0. The molecule has 0 aromatic heterocycles. The zero-order valence-electron chi connectivity index (χ0n) is 15.8. The van der Waals surface area contributed by atoms with Crippen LogP contribution in [0.25, 0.3) is 0 Å². The standard InChI is InChI=1S/C16H30N2O3.C2H2O4/c1-15-6-4-13(3-2-9-19)11-16(15,20)7-5-14(15)12-18-21-10-8-17;3-1(4)2(5)6/h12-14,19-20H,2-11,17H2,1H3;(H,3,4)(H,5,6)/b18-12+;/t13-,14+,15+,16-;/m0./s1. The minimum absolute atomic E-state index is 0.0989. The fourth-order valence-electron chi connectivity index (χ4n) is 4.27. The molecule has 9 nitrogen and oxygen atoms in total. The fourth-order valence-corrected chi connectivity index (χ4v) is 4.27. The van der Waals surface area contributed by atoms with Gasteiger partial charge >= 0.3 is 11.9 Å². The van der Waals surface area contributed by atoms with Crippen LogP contribution in [0.15, 0.2) is 5.16 Å². The third kappa shape index (κ3) is 6.15. The van der Waals surface area contributed by atoms with E-state index in [9.17, 15) is 5.11 Å². The Morgan fingerprint density at radius 1 is 1.26 bits per heavy atom. The van der Waals surface area contributed by atoms with Gasteiger partial charge in [0.05, 0.1) is 5.60 Å². The molecule has 2 fully saturated rings. The van der Waals surface area contributed by atoms with E-state index < -0.39 is 17.5 Å². The molecule has 156 valence electrons. The molecule has 9 heteroatoms. The summed E-state index contributed by atoms with van der Waals surface area (Å²) in [6.45, 7) is 3.35. The van der Waals surface area contributed by atoms with Gasteiger partial charge in [0.1, 0.15) is 6.61 Å². The zero-order valence-corrected chi connectivity index (χ0v) is 15.8. The molecule has 0 unspecified atom stereocenters. The highest BCUT2D eigenvalue weighted by Gasteiger charge is 2.58. The van der Waals surface area contributed by atoms with Gasteiger partial charge in [-0.3, -0.25) is 0 Å². The van der Waals surface area contributed by atoms with E-state index in [4.69, 9.17) is 35.5 Å². The van der Waals surface area contributed by atoms with Gasteiger partial charge in [-0.1, -0.05) is 12.1 Å². The average molecular weight is 388 g/mol. The maximum Gasteiger partial charge on any atom is 0.414 e. The molecule has 0 heterocycles. The van der Waals surface area contributed by atoms with Crippen LogP contribution in [0.3, 0.4) is 0 Å². The monoisotopic (exact) mass is 388 g/mol. The minimum Gasteiger partial charge on any atom is -0.473 e. The Hall–Kier alpha value is -1.71. The summed E-state index contributed by atoms with van der Waals surface area (Å²) in [5, 5.41) is 38.9. The minimum atomic E-state index is -1.82. The van der Waals surface area contributed by atoms with E-state index >= 15 is 0 Å². The smallest absolute Gasteiger partial charge is 0.414 e. The van der Waals surface area contributed by atoms with Crippen LogP contribution >= 0.6 is 0 Å². The number of nitrogens with two attached hydrogens (primary N) is 1. The molecule has 0 amide bonds. The number of rotatable bonds is 7. The topological polar surface area (TPSA) is 163 Å². The lowest BCUT2D eigenvalue weighted by Gasteiger charge is -2.48. The van der Waals surface area contributed by atoms with Gasteiger partial charge in [-0.05, 0) is 50.9 Å². The molecule has 2 saturated carbocycles. The summed E-state index contributed by atoms with van der Waals surface area (Å²) in [6.07, 6.45) is 8.56. The SMILES string of the molecule is C[C@]12CC[C@H](CCCO)C[C@@]1(O)CC[C@@H]2/C=N/OCCN.O=C(O)C(=O)O. The summed E-state index contributed by atoms with van der Waals surface area (Å²) in [5.41, 5.74) is 4.69. The Morgan fingerprint density at radius 2 is 1.93 bits per heavy atom. The lowest BCUT2D eigenvalue weighted by Crippen LogP contribution is -2.50. The van der Waals surface area contributed by atoms with Gasteiger partial charge < -0.3 is 31.0 Å². The van der Waals surface area contributed by atoms with Crippen LogP contribution in [-0.2, 0) is 14.4 Å². The van der Waals surface area contributed by atoms with Crippen molar-refractivity contribution in [1.82, 2.24) is 0 Å². The van der Waals surface area contributed by atoms with Gasteiger partial charge in [0.2, 0.25) is 0 Å². The first-order chi connectivity index (χ1) is 12.7. The van der Waals surface area contributed by atoms with Gasteiger partial charge in [0.25, 0.3) is 0 Å². The summed E-state index contributed by atoms with van der Waals surface area (Å²) in [7, 11) is 0. The second-order valence-electron chi connectivity index (χ2n) is 7.56. The van der Waals surface area contributed by atoms with Crippen LogP contribution in [-0.4, -0.2) is 63.9 Å². The summed E-state index contributed by atoms with van der Waals surface area (Å²) in [5.74, 6) is -2.83. The predicted molar refractivity (Wildman–Crippen MR) is 98.2 cm³/mol. The molecule has 27 heavy (non-hydrogen) atoms. The van der Waals surface area contributed by atoms with E-state index in [0.29, 0.717) is 19.1 Å². The number of carboxylic acids is 2. The van der Waals surface area contributed by atoms with E-state index in [0.717, 1.165) is 44.9 Å². The molecule has 4 atom stereocenters. The molecule has 0 spiro atoms. The van der Waals surface area contributed by atoms with Crippen molar-refractivity contribution < 1.29 is 34.9 Å². The van der Waals surface area contributed by atoms with Crippen LogP contribution < -0.4 is 5.73 Å². The Morgan fingerprint density at radius 3 is 2.48 bits per heavy atom. The fraction of sp³-hybridized carbons (Fsp3) is 0.833. The van der Waals surface area contributed by atoms with Crippen molar-refractivity contribution in [2.45, 2.75) is 57.5 Å². The first kappa shape index (κ1) is 23.3.